The maximum absolute atomic E-state index is 11.6. The predicted octanol–water partition coefficient (Wildman–Crippen LogP) is -0.285. The molecule has 0 saturated carbocycles. The fraction of sp³-hybridized carbons (Fsp3) is 0.308. The molecule has 0 aromatic heterocycles. The van der Waals surface area contributed by atoms with Crippen molar-refractivity contribution < 1.29 is 19.5 Å². The molecule has 6 nitrogen and oxygen atoms in total. The number of aldehydes is 1. The molecule has 0 aliphatic heterocycles. The summed E-state index contributed by atoms with van der Waals surface area (Å²) in [6.07, 6.45) is 0.483. The van der Waals surface area contributed by atoms with Crippen LogP contribution in [0.25, 0.3) is 0 Å². The van der Waals surface area contributed by atoms with E-state index in [1.54, 1.807) is 0 Å². The van der Waals surface area contributed by atoms with Crippen molar-refractivity contribution in [1.82, 2.24) is 5.32 Å². The van der Waals surface area contributed by atoms with E-state index in [-0.39, 0.29) is 0 Å². The van der Waals surface area contributed by atoms with E-state index in [2.05, 4.69) is 5.32 Å². The Labute approximate surface area is 110 Å². The average Bonchev–Trinajstić information content (AvgIpc) is 2.38. The van der Waals surface area contributed by atoms with E-state index in [0.29, 0.717) is 12.7 Å². The number of nitrogens with two attached hydrogens (primary N) is 1. The minimum atomic E-state index is -1.16. The Morgan fingerprint density at radius 1 is 1.32 bits per heavy atom. The lowest BCUT2D eigenvalue weighted by molar-refractivity contribution is -0.139. The van der Waals surface area contributed by atoms with Gasteiger partial charge in [0.1, 0.15) is 6.29 Å². The summed E-state index contributed by atoms with van der Waals surface area (Å²) in [4.78, 5) is 32.9. The molecule has 0 aliphatic carbocycles. The molecular weight excluding hydrogens is 248 g/mol. The topological polar surface area (TPSA) is 109 Å². The molecule has 6 heteroatoms. The first-order valence-corrected chi connectivity index (χ1v) is 5.80. The summed E-state index contributed by atoms with van der Waals surface area (Å²) in [5.74, 6) is -1.80. The molecule has 1 amide bonds. The highest BCUT2D eigenvalue weighted by atomic mass is 16.4. The van der Waals surface area contributed by atoms with Crippen LogP contribution in [0.4, 0.5) is 0 Å². The number of carbonyl (C=O) groups is 3. The Morgan fingerprint density at radius 3 is 2.47 bits per heavy atom. The van der Waals surface area contributed by atoms with E-state index in [4.69, 9.17) is 10.8 Å². The molecular formula is C13H16N2O4. The lowest BCUT2D eigenvalue weighted by atomic mass is 10.1. The van der Waals surface area contributed by atoms with Crippen LogP contribution in [0.3, 0.4) is 0 Å². The van der Waals surface area contributed by atoms with Crippen molar-refractivity contribution in [3.05, 3.63) is 35.9 Å². The zero-order valence-electron chi connectivity index (χ0n) is 10.3. The van der Waals surface area contributed by atoms with Gasteiger partial charge in [0, 0.05) is 0 Å². The van der Waals surface area contributed by atoms with Gasteiger partial charge in [-0.3, -0.25) is 9.59 Å². The number of benzene rings is 1. The second-order valence-electron chi connectivity index (χ2n) is 4.15. The van der Waals surface area contributed by atoms with Crippen LogP contribution in [0, 0.1) is 0 Å². The third kappa shape index (κ3) is 5.31. The summed E-state index contributed by atoms with van der Waals surface area (Å²) in [7, 11) is 0. The lowest BCUT2D eigenvalue weighted by Gasteiger charge is -2.15. The molecule has 0 saturated heterocycles. The Kier molecular flexibility index (Phi) is 5.69. The number of hydrogen-bond donors (Lipinski definition) is 3. The van der Waals surface area contributed by atoms with Gasteiger partial charge in [0.2, 0.25) is 5.91 Å². The first-order valence-electron chi connectivity index (χ1n) is 5.80. The summed E-state index contributed by atoms with van der Waals surface area (Å²) >= 11 is 0. The maximum atomic E-state index is 11.6. The van der Waals surface area contributed by atoms with Gasteiger partial charge in [-0.15, -0.1) is 0 Å². The number of nitrogens with one attached hydrogen (secondary N) is 1. The van der Waals surface area contributed by atoms with E-state index in [0.717, 1.165) is 5.56 Å². The molecule has 0 heterocycles. The number of carboxylic acid groups (broad SMARTS) is 1. The highest BCUT2D eigenvalue weighted by molar-refractivity contribution is 5.87. The van der Waals surface area contributed by atoms with Crippen LogP contribution in [0.15, 0.2) is 30.3 Å². The molecule has 0 aliphatic rings. The average molecular weight is 264 g/mol. The van der Waals surface area contributed by atoms with Gasteiger partial charge in [0.25, 0.3) is 0 Å². The maximum Gasteiger partial charge on any atom is 0.305 e. The Balaban J connectivity index is 2.55. The van der Waals surface area contributed by atoms with Crippen molar-refractivity contribution in [3.63, 3.8) is 0 Å². The third-order valence-electron chi connectivity index (χ3n) is 2.52. The third-order valence-corrected chi connectivity index (χ3v) is 2.52. The molecule has 0 spiro atoms. The summed E-state index contributed by atoms with van der Waals surface area (Å²) < 4.78 is 0. The lowest BCUT2D eigenvalue weighted by Crippen LogP contribution is -2.47. The monoisotopic (exact) mass is 264 g/mol. The van der Waals surface area contributed by atoms with Crippen LogP contribution in [0.5, 0.6) is 0 Å². The predicted molar refractivity (Wildman–Crippen MR) is 68.4 cm³/mol. The summed E-state index contributed by atoms with van der Waals surface area (Å²) in [6, 6.07) is 7.30. The van der Waals surface area contributed by atoms with Gasteiger partial charge < -0.3 is 21.0 Å². The molecule has 0 unspecified atom stereocenters. The van der Waals surface area contributed by atoms with E-state index in [1.165, 1.54) is 0 Å². The van der Waals surface area contributed by atoms with Crippen molar-refractivity contribution in [2.45, 2.75) is 24.9 Å². The zero-order chi connectivity index (χ0) is 14.3. The van der Waals surface area contributed by atoms with Gasteiger partial charge in [0.05, 0.1) is 18.5 Å². The van der Waals surface area contributed by atoms with Crippen LogP contribution in [-0.4, -0.2) is 35.4 Å². The van der Waals surface area contributed by atoms with Crippen molar-refractivity contribution in [1.29, 1.82) is 0 Å². The van der Waals surface area contributed by atoms with E-state index in [9.17, 15) is 14.4 Å². The largest absolute Gasteiger partial charge is 0.481 e. The molecule has 0 radical (unpaired) electrons. The quantitative estimate of drug-likeness (QED) is 0.586. The smallest absolute Gasteiger partial charge is 0.305 e. The number of carbonyl (C=O) groups excluding carboxylic acids is 2. The Hall–Kier alpha value is -2.21. The number of aliphatic carboxylic acids is 1. The second-order valence-corrected chi connectivity index (χ2v) is 4.15. The van der Waals surface area contributed by atoms with Crippen LogP contribution in [-0.2, 0) is 20.8 Å². The minimum absolute atomic E-state index is 0.343. The molecule has 4 N–H and O–H groups in total. The fourth-order valence-electron chi connectivity index (χ4n) is 1.57. The van der Waals surface area contributed by atoms with Crippen LogP contribution < -0.4 is 11.1 Å². The molecule has 1 rings (SSSR count). The Bertz CT molecular complexity index is 447. The molecule has 1 aromatic rings. The highest BCUT2D eigenvalue weighted by Crippen LogP contribution is 2.02. The number of carboxylic acids is 1. The zero-order valence-corrected chi connectivity index (χ0v) is 10.3. The van der Waals surface area contributed by atoms with Crippen molar-refractivity contribution in [2.24, 2.45) is 5.73 Å². The molecule has 2 atom stereocenters. The summed E-state index contributed by atoms with van der Waals surface area (Å²) in [5.41, 5.74) is 6.30. The Morgan fingerprint density at radius 2 is 1.95 bits per heavy atom. The number of rotatable bonds is 7. The summed E-state index contributed by atoms with van der Waals surface area (Å²) in [6.45, 7) is 0. The number of hydrogen-bond acceptors (Lipinski definition) is 4. The first-order chi connectivity index (χ1) is 9.02. The first kappa shape index (κ1) is 14.8. The molecule has 0 bridgehead atoms. The van der Waals surface area contributed by atoms with Gasteiger partial charge in [-0.25, -0.2) is 0 Å². The van der Waals surface area contributed by atoms with Crippen molar-refractivity contribution >= 4 is 18.2 Å². The molecule has 1 aromatic carbocycles. The molecule has 0 fully saturated rings. The van der Waals surface area contributed by atoms with Gasteiger partial charge in [0.15, 0.2) is 0 Å². The molecule has 19 heavy (non-hydrogen) atoms. The molecule has 102 valence electrons. The van der Waals surface area contributed by atoms with E-state index in [1.807, 2.05) is 30.3 Å². The SMILES string of the molecule is N[C@@H](CC(=O)O)C(=O)N[C@H](C=O)Cc1ccccc1. The van der Waals surface area contributed by atoms with Crippen molar-refractivity contribution in [3.8, 4) is 0 Å². The van der Waals surface area contributed by atoms with Crippen LogP contribution in [0.2, 0.25) is 0 Å². The van der Waals surface area contributed by atoms with Gasteiger partial charge >= 0.3 is 5.97 Å². The van der Waals surface area contributed by atoms with E-state index >= 15 is 0 Å². The van der Waals surface area contributed by atoms with Gasteiger partial charge in [-0.1, -0.05) is 30.3 Å². The van der Waals surface area contributed by atoms with E-state index < -0.39 is 30.4 Å². The number of amides is 1. The normalized spacial score (nSPS) is 13.3. The van der Waals surface area contributed by atoms with Gasteiger partial charge in [-0.2, -0.15) is 0 Å². The van der Waals surface area contributed by atoms with Crippen LogP contribution >= 0.6 is 0 Å². The van der Waals surface area contributed by atoms with Crippen molar-refractivity contribution in [2.75, 3.05) is 0 Å². The second kappa shape index (κ2) is 7.27. The highest BCUT2D eigenvalue weighted by Gasteiger charge is 2.20. The fourth-order valence-corrected chi connectivity index (χ4v) is 1.57. The van der Waals surface area contributed by atoms with Crippen LogP contribution in [0.1, 0.15) is 12.0 Å². The standard InChI is InChI=1S/C13H16N2O4/c14-11(7-12(17)18)13(19)15-10(8-16)6-9-4-2-1-3-5-9/h1-5,8,10-11H,6-7,14H2,(H,15,19)(H,17,18)/t10-,11-/m0/s1. The summed E-state index contributed by atoms with van der Waals surface area (Å²) in [5, 5.41) is 11.0. The minimum Gasteiger partial charge on any atom is -0.481 e. The van der Waals surface area contributed by atoms with Gasteiger partial charge in [-0.05, 0) is 12.0 Å².